The lowest BCUT2D eigenvalue weighted by Gasteiger charge is -2.62. The summed E-state index contributed by atoms with van der Waals surface area (Å²) in [6, 6.07) is 20.9. The minimum absolute atomic E-state index is 0.0364. The molecule has 2 spiro atoms. The lowest BCUT2D eigenvalue weighted by Crippen LogP contribution is -2.71. The number of rotatable bonds is 18. The van der Waals surface area contributed by atoms with Crippen molar-refractivity contribution in [3.8, 4) is 0 Å². The minimum Gasteiger partial charge on any atom is -0.350 e. The van der Waals surface area contributed by atoms with Crippen LogP contribution >= 0.6 is 0 Å². The maximum atomic E-state index is 7.00. The highest BCUT2D eigenvalue weighted by molar-refractivity contribution is 5.19. The van der Waals surface area contributed by atoms with E-state index in [9.17, 15) is 0 Å². The minimum atomic E-state index is -0.749. The molecular weight excluding hydrogens is 757 g/mol. The number of benzene rings is 2. The van der Waals surface area contributed by atoms with Crippen LogP contribution in [0.25, 0.3) is 0 Å². The van der Waals surface area contributed by atoms with Crippen LogP contribution in [0.2, 0.25) is 0 Å². The molecule has 4 fully saturated rings. The Bertz CT molecular complexity index is 1540. The molecule has 4 saturated heterocycles. The second kappa shape index (κ2) is 19.0. The van der Waals surface area contributed by atoms with Crippen molar-refractivity contribution in [1.82, 2.24) is 10.1 Å². The molecule has 0 bridgehead atoms. The van der Waals surface area contributed by atoms with Crippen molar-refractivity contribution in [3.63, 3.8) is 0 Å². The predicted molar refractivity (Wildman–Crippen MR) is 236 cm³/mol. The van der Waals surface area contributed by atoms with Gasteiger partial charge in [-0.15, -0.1) is 0 Å². The second-order valence-corrected chi connectivity index (χ2v) is 19.4. The Morgan fingerprint density at radius 3 is 1.32 bits per heavy atom. The number of hydrogen-bond donors (Lipinski definition) is 0. The third-order valence-corrected chi connectivity index (χ3v) is 15.6. The summed E-state index contributed by atoms with van der Waals surface area (Å²) in [6.07, 6.45) is 5.66. The zero-order valence-corrected chi connectivity index (χ0v) is 39.5. The highest BCUT2D eigenvalue weighted by Gasteiger charge is 2.66. The van der Waals surface area contributed by atoms with Crippen LogP contribution in [0.4, 0.5) is 0 Å². The van der Waals surface area contributed by atoms with Gasteiger partial charge in [0, 0.05) is 35.8 Å². The largest absolute Gasteiger partial charge is 0.350 e. The summed E-state index contributed by atoms with van der Waals surface area (Å²) in [5, 5.41) is 4.59. The Labute approximate surface area is 363 Å². The van der Waals surface area contributed by atoms with Crippen molar-refractivity contribution in [2.24, 2.45) is 11.8 Å². The van der Waals surface area contributed by atoms with E-state index in [2.05, 4.69) is 149 Å². The SMILES string of the molecule is CCCC(OCC1COC2(CC(C)(CC)N(OC(C)c3ccccc3)C(C)(CC)C2C)O1)OCC1COC2(CC(C)(CC)N(OC(C)c3ccccc3)C(C)(CC)C2C)O1. The molecule has 10 nitrogen and oxygen atoms in total. The van der Waals surface area contributed by atoms with Crippen molar-refractivity contribution >= 4 is 0 Å². The van der Waals surface area contributed by atoms with Crippen LogP contribution < -0.4 is 0 Å². The summed E-state index contributed by atoms with van der Waals surface area (Å²) in [6.45, 7) is 30.9. The van der Waals surface area contributed by atoms with E-state index >= 15 is 0 Å². The van der Waals surface area contributed by atoms with E-state index in [1.807, 2.05) is 12.1 Å². The maximum absolute atomic E-state index is 7.00. The zero-order chi connectivity index (χ0) is 43.6. The van der Waals surface area contributed by atoms with E-state index in [1.54, 1.807) is 0 Å². The van der Waals surface area contributed by atoms with Crippen LogP contribution in [-0.4, -0.2) is 88.8 Å². The van der Waals surface area contributed by atoms with Gasteiger partial charge < -0.3 is 28.4 Å². The van der Waals surface area contributed by atoms with E-state index in [0.717, 1.165) is 49.7 Å². The molecule has 10 heteroatoms. The van der Waals surface area contributed by atoms with Gasteiger partial charge >= 0.3 is 0 Å². The fourth-order valence-corrected chi connectivity index (χ4v) is 10.7. The van der Waals surface area contributed by atoms with Gasteiger partial charge in [-0.1, -0.05) is 116 Å². The van der Waals surface area contributed by atoms with Crippen molar-refractivity contribution in [3.05, 3.63) is 71.8 Å². The van der Waals surface area contributed by atoms with E-state index < -0.39 is 17.9 Å². The van der Waals surface area contributed by atoms with Gasteiger partial charge in [0.25, 0.3) is 0 Å². The van der Waals surface area contributed by atoms with E-state index in [0.29, 0.717) is 39.3 Å². The van der Waals surface area contributed by atoms with Gasteiger partial charge in [-0.2, -0.15) is 10.1 Å². The molecule has 0 radical (unpaired) electrons. The van der Waals surface area contributed by atoms with Gasteiger partial charge in [0.1, 0.15) is 24.4 Å². The fourth-order valence-electron chi connectivity index (χ4n) is 10.7. The predicted octanol–water partition coefficient (Wildman–Crippen LogP) is 11.1. The Hall–Kier alpha value is -1.96. The Balaban J connectivity index is 1.07. The molecule has 2 aromatic carbocycles. The standard InChI is InChI=1S/C50H80N2O8/c1-14-25-44(53-30-42-32-55-49(57-42)34-45(10,15-2)51(47(12,17-4)38(49)8)59-36(6)40-26-21-19-22-27-40)54-31-43-33-56-50(58-43)35-46(11,16-3)52(48(13,18-5)39(50)9)60-37(7)41-28-23-20-24-29-41/h19-24,26-29,36-39,42-44H,14-18,25,30-35H2,1-13H3. The lowest BCUT2D eigenvalue weighted by atomic mass is 9.67. The Morgan fingerprint density at radius 1 is 0.600 bits per heavy atom. The monoisotopic (exact) mass is 837 g/mol. The molecule has 12 atom stereocenters. The molecule has 0 N–H and O–H groups in total. The van der Waals surface area contributed by atoms with Gasteiger partial charge in [-0.05, 0) is 84.8 Å². The molecule has 0 aliphatic carbocycles. The molecule has 4 aliphatic rings. The maximum Gasteiger partial charge on any atom is 0.175 e. The number of hydrogen-bond acceptors (Lipinski definition) is 10. The fraction of sp³-hybridized carbons (Fsp3) is 0.760. The van der Waals surface area contributed by atoms with Crippen molar-refractivity contribution in [2.75, 3.05) is 26.4 Å². The molecule has 2 aromatic rings. The number of ether oxygens (including phenoxy) is 6. The third-order valence-electron chi connectivity index (χ3n) is 15.6. The topological polar surface area (TPSA) is 80.3 Å². The normalized spacial score (nSPS) is 39.1. The highest BCUT2D eigenvalue weighted by Crippen LogP contribution is 2.56. The average molecular weight is 837 g/mol. The van der Waals surface area contributed by atoms with Crippen LogP contribution in [0, 0.1) is 11.8 Å². The Kier molecular flexibility index (Phi) is 15.1. The molecule has 60 heavy (non-hydrogen) atoms. The highest BCUT2D eigenvalue weighted by atomic mass is 16.8. The summed E-state index contributed by atoms with van der Waals surface area (Å²) in [5.74, 6) is -1.43. The summed E-state index contributed by atoms with van der Waals surface area (Å²) >= 11 is 0. The molecule has 0 saturated carbocycles. The van der Waals surface area contributed by atoms with Gasteiger partial charge in [0.15, 0.2) is 17.9 Å². The van der Waals surface area contributed by atoms with E-state index in [4.69, 9.17) is 38.1 Å². The van der Waals surface area contributed by atoms with Crippen LogP contribution in [-0.2, 0) is 38.1 Å². The van der Waals surface area contributed by atoms with E-state index in [-0.39, 0.29) is 58.4 Å². The first kappa shape index (κ1) is 47.5. The smallest absolute Gasteiger partial charge is 0.175 e. The summed E-state index contributed by atoms with van der Waals surface area (Å²) in [4.78, 5) is 13.9. The molecule has 4 aliphatic heterocycles. The zero-order valence-electron chi connectivity index (χ0n) is 39.5. The molecule has 0 amide bonds. The second-order valence-electron chi connectivity index (χ2n) is 19.4. The molecule has 12 unspecified atom stereocenters. The summed E-state index contributed by atoms with van der Waals surface area (Å²) < 4.78 is 40.6. The molecule has 338 valence electrons. The van der Waals surface area contributed by atoms with Crippen LogP contribution in [0.3, 0.4) is 0 Å². The Morgan fingerprint density at radius 2 is 0.983 bits per heavy atom. The molecule has 0 aromatic heterocycles. The number of nitrogens with zero attached hydrogens (tertiary/aromatic N) is 2. The lowest BCUT2D eigenvalue weighted by molar-refractivity contribution is -0.381. The first-order valence-corrected chi connectivity index (χ1v) is 23.4. The number of hydroxylamine groups is 4. The van der Waals surface area contributed by atoms with Crippen molar-refractivity contribution in [2.45, 2.75) is 206 Å². The first-order chi connectivity index (χ1) is 28.5. The molecular formula is C50H80N2O8. The van der Waals surface area contributed by atoms with Gasteiger partial charge in [-0.3, -0.25) is 9.68 Å². The van der Waals surface area contributed by atoms with Crippen LogP contribution in [0.5, 0.6) is 0 Å². The summed E-state index contributed by atoms with van der Waals surface area (Å²) in [5.41, 5.74) is 1.04. The average Bonchev–Trinajstić information content (AvgIpc) is 3.88. The molecule has 6 rings (SSSR count). The van der Waals surface area contributed by atoms with Gasteiger partial charge in [0.05, 0.1) is 37.5 Å². The summed E-state index contributed by atoms with van der Waals surface area (Å²) in [7, 11) is 0. The quantitative estimate of drug-likeness (QED) is 0.135. The van der Waals surface area contributed by atoms with Gasteiger partial charge in [0.2, 0.25) is 0 Å². The van der Waals surface area contributed by atoms with Crippen LogP contribution in [0.15, 0.2) is 60.7 Å². The molecule has 4 heterocycles. The van der Waals surface area contributed by atoms with Crippen LogP contribution in [0.1, 0.15) is 165 Å². The third kappa shape index (κ3) is 9.04. The van der Waals surface area contributed by atoms with Crippen molar-refractivity contribution in [1.29, 1.82) is 0 Å². The first-order valence-electron chi connectivity index (χ1n) is 23.4. The van der Waals surface area contributed by atoms with Gasteiger partial charge in [-0.25, -0.2) is 0 Å². The number of piperidine rings is 2. The van der Waals surface area contributed by atoms with Crippen molar-refractivity contribution < 1.29 is 38.1 Å². The van der Waals surface area contributed by atoms with E-state index in [1.165, 1.54) is 0 Å².